The third-order valence-corrected chi connectivity index (χ3v) is 6.29. The molecule has 5 rings (SSSR count). The van der Waals surface area contributed by atoms with Gasteiger partial charge in [0.15, 0.2) is 0 Å². The van der Waals surface area contributed by atoms with Crippen molar-refractivity contribution in [2.24, 2.45) is 0 Å². The Morgan fingerprint density at radius 2 is 1.80 bits per heavy atom. The maximum atomic E-state index is 13.5. The molecule has 40 heavy (non-hydrogen) atoms. The van der Waals surface area contributed by atoms with Crippen LogP contribution in [-0.2, 0) is 12.7 Å². The molecular weight excluding hydrogens is 517 g/mol. The molecule has 2 aromatic carbocycles. The molecule has 0 radical (unpaired) electrons. The number of anilines is 2. The summed E-state index contributed by atoms with van der Waals surface area (Å²) in [5, 5.41) is 15.1. The van der Waals surface area contributed by atoms with Crippen LogP contribution in [0.4, 0.5) is 24.9 Å². The Labute approximate surface area is 229 Å². The smallest absolute Gasteiger partial charge is 0.368 e. The Bertz CT molecular complexity index is 1540. The summed E-state index contributed by atoms with van der Waals surface area (Å²) in [5.74, 6) is 0.873. The van der Waals surface area contributed by atoms with Crippen molar-refractivity contribution in [3.8, 4) is 22.5 Å². The first-order chi connectivity index (χ1) is 19.4. The number of benzene rings is 2. The van der Waals surface area contributed by atoms with E-state index in [1.807, 2.05) is 48.0 Å². The van der Waals surface area contributed by atoms with Gasteiger partial charge in [-0.2, -0.15) is 13.2 Å². The van der Waals surface area contributed by atoms with Crippen LogP contribution >= 0.6 is 0 Å². The van der Waals surface area contributed by atoms with Gasteiger partial charge in [-0.15, -0.1) is 10.2 Å². The number of alkyl halides is 3. The number of aryl methyl sites for hydroxylation is 1. The van der Waals surface area contributed by atoms with Gasteiger partial charge in [-0.1, -0.05) is 42.5 Å². The predicted molar refractivity (Wildman–Crippen MR) is 147 cm³/mol. The minimum absolute atomic E-state index is 0.0670. The molecule has 11 heteroatoms. The van der Waals surface area contributed by atoms with Crippen LogP contribution in [0.5, 0.6) is 0 Å². The van der Waals surface area contributed by atoms with Gasteiger partial charge in [0.2, 0.25) is 5.95 Å². The van der Waals surface area contributed by atoms with E-state index in [1.54, 1.807) is 36.9 Å². The fraction of sp³-hybridized carbons (Fsp3) is 0.207. The monoisotopic (exact) mass is 544 g/mol. The second-order valence-electron chi connectivity index (χ2n) is 9.19. The average molecular weight is 545 g/mol. The Kier molecular flexibility index (Phi) is 7.99. The van der Waals surface area contributed by atoms with Crippen LogP contribution in [0.2, 0.25) is 0 Å². The summed E-state index contributed by atoms with van der Waals surface area (Å²) < 4.78 is 42.4. The maximum Gasteiger partial charge on any atom is 0.416 e. The number of nitrogens with one attached hydrogen (secondary N) is 2. The molecule has 3 heterocycles. The van der Waals surface area contributed by atoms with E-state index in [2.05, 4.69) is 35.8 Å². The van der Waals surface area contributed by atoms with Gasteiger partial charge in [-0.25, -0.2) is 15.0 Å². The molecule has 5 aromatic rings. The number of hydrogen-bond acceptors (Lipinski definition) is 7. The summed E-state index contributed by atoms with van der Waals surface area (Å²) in [6.07, 6.45) is 3.30. The van der Waals surface area contributed by atoms with E-state index in [9.17, 15) is 13.2 Å². The third-order valence-electron chi connectivity index (χ3n) is 6.29. The molecule has 204 valence electrons. The first-order valence-corrected chi connectivity index (χ1v) is 12.8. The van der Waals surface area contributed by atoms with E-state index >= 15 is 0 Å². The molecule has 0 saturated carbocycles. The number of hydrogen-bond donors (Lipinski definition) is 2. The van der Waals surface area contributed by atoms with Gasteiger partial charge in [0.25, 0.3) is 0 Å². The Hall–Kier alpha value is -4.80. The SMILES string of the molecule is C[C@H](Nc1nccc(-c2cc(NCCCn3ccnc3)nnc2-c2cccc(C(F)(F)F)c2)n1)c1ccccc1. The van der Waals surface area contributed by atoms with Gasteiger partial charge in [-0.05, 0) is 43.2 Å². The molecule has 0 aliphatic carbocycles. The average Bonchev–Trinajstić information content (AvgIpc) is 3.49. The van der Waals surface area contributed by atoms with Crippen molar-refractivity contribution >= 4 is 11.8 Å². The highest BCUT2D eigenvalue weighted by molar-refractivity contribution is 5.80. The van der Waals surface area contributed by atoms with E-state index < -0.39 is 11.7 Å². The van der Waals surface area contributed by atoms with Gasteiger partial charge in [0.1, 0.15) is 11.5 Å². The van der Waals surface area contributed by atoms with Crippen LogP contribution in [0.3, 0.4) is 0 Å². The highest BCUT2D eigenvalue weighted by Gasteiger charge is 2.31. The van der Waals surface area contributed by atoms with E-state index in [0.717, 1.165) is 30.7 Å². The highest BCUT2D eigenvalue weighted by Crippen LogP contribution is 2.35. The molecule has 0 aliphatic rings. The molecule has 0 fully saturated rings. The number of rotatable bonds is 10. The summed E-state index contributed by atoms with van der Waals surface area (Å²) in [4.78, 5) is 13.1. The molecule has 0 spiro atoms. The van der Waals surface area contributed by atoms with Crippen molar-refractivity contribution in [3.63, 3.8) is 0 Å². The van der Waals surface area contributed by atoms with Crippen molar-refractivity contribution in [3.05, 3.63) is 103 Å². The molecule has 3 aromatic heterocycles. The van der Waals surface area contributed by atoms with Gasteiger partial charge in [0.05, 0.1) is 23.6 Å². The van der Waals surface area contributed by atoms with Crippen LogP contribution in [0, 0.1) is 0 Å². The fourth-order valence-corrected chi connectivity index (χ4v) is 4.22. The lowest BCUT2D eigenvalue weighted by molar-refractivity contribution is -0.137. The molecule has 2 N–H and O–H groups in total. The first kappa shape index (κ1) is 26.8. The number of nitrogens with zero attached hydrogens (tertiary/aromatic N) is 6. The second kappa shape index (κ2) is 11.9. The second-order valence-corrected chi connectivity index (χ2v) is 9.19. The summed E-state index contributed by atoms with van der Waals surface area (Å²) in [5.41, 5.74) is 1.91. The standard InChI is InChI=1S/C29H27F3N8/c1-20(21-7-3-2-4-8-21)36-28-35-13-11-25(37-28)24-18-26(34-12-6-15-40-16-14-33-19-40)38-39-27(24)22-9-5-10-23(17-22)29(30,31)32/h2-5,7-11,13-14,16-20H,6,12,15H2,1H3,(H,34,38)(H,35,36,37)/t20-/m0/s1. The van der Waals surface area contributed by atoms with Crippen LogP contribution in [0.25, 0.3) is 22.5 Å². The van der Waals surface area contributed by atoms with E-state index in [4.69, 9.17) is 0 Å². The third kappa shape index (κ3) is 6.60. The van der Waals surface area contributed by atoms with Crippen molar-refractivity contribution < 1.29 is 13.2 Å². The molecule has 8 nitrogen and oxygen atoms in total. The van der Waals surface area contributed by atoms with Gasteiger partial charge < -0.3 is 15.2 Å². The lowest BCUT2D eigenvalue weighted by Crippen LogP contribution is -2.10. The molecule has 0 aliphatic heterocycles. The molecule has 0 bridgehead atoms. The fourth-order valence-electron chi connectivity index (χ4n) is 4.22. The number of imidazole rings is 1. The van der Waals surface area contributed by atoms with Crippen LogP contribution in [0.1, 0.15) is 30.5 Å². The summed E-state index contributed by atoms with van der Waals surface area (Å²) in [6, 6.07) is 18.3. The van der Waals surface area contributed by atoms with Crippen molar-refractivity contribution in [1.82, 2.24) is 29.7 Å². The lowest BCUT2D eigenvalue weighted by Gasteiger charge is -2.16. The minimum atomic E-state index is -4.49. The molecule has 0 unspecified atom stereocenters. The molecule has 0 saturated heterocycles. The minimum Gasteiger partial charge on any atom is -0.368 e. The van der Waals surface area contributed by atoms with Gasteiger partial charge in [0, 0.05) is 42.8 Å². The molecule has 0 amide bonds. The van der Waals surface area contributed by atoms with E-state index in [1.165, 1.54) is 6.07 Å². The van der Waals surface area contributed by atoms with Gasteiger partial charge >= 0.3 is 6.18 Å². The Morgan fingerprint density at radius 3 is 2.58 bits per heavy atom. The zero-order chi connectivity index (χ0) is 28.0. The van der Waals surface area contributed by atoms with Crippen LogP contribution in [0.15, 0.2) is 91.6 Å². The largest absolute Gasteiger partial charge is 0.416 e. The summed E-state index contributed by atoms with van der Waals surface area (Å²) in [7, 11) is 0. The molecule has 1 atom stereocenters. The Balaban J connectivity index is 1.45. The summed E-state index contributed by atoms with van der Waals surface area (Å²) in [6.45, 7) is 3.38. The molecular formula is C29H27F3N8. The maximum absolute atomic E-state index is 13.5. The number of aromatic nitrogens is 6. The summed E-state index contributed by atoms with van der Waals surface area (Å²) >= 11 is 0. The Morgan fingerprint density at radius 1 is 0.950 bits per heavy atom. The van der Waals surface area contributed by atoms with Crippen LogP contribution < -0.4 is 10.6 Å². The zero-order valence-corrected chi connectivity index (χ0v) is 21.7. The predicted octanol–water partition coefficient (Wildman–Crippen LogP) is 6.49. The van der Waals surface area contributed by atoms with Gasteiger partial charge in [-0.3, -0.25) is 0 Å². The number of halogens is 3. The van der Waals surface area contributed by atoms with Crippen molar-refractivity contribution in [2.45, 2.75) is 32.1 Å². The van der Waals surface area contributed by atoms with E-state index in [0.29, 0.717) is 29.6 Å². The van der Waals surface area contributed by atoms with E-state index in [-0.39, 0.29) is 17.3 Å². The zero-order valence-electron chi connectivity index (χ0n) is 21.7. The quantitative estimate of drug-likeness (QED) is 0.194. The first-order valence-electron chi connectivity index (χ1n) is 12.8. The van der Waals surface area contributed by atoms with Crippen LogP contribution in [-0.4, -0.2) is 36.3 Å². The topological polar surface area (TPSA) is 93.4 Å². The van der Waals surface area contributed by atoms with Crippen molar-refractivity contribution in [2.75, 3.05) is 17.2 Å². The lowest BCUT2D eigenvalue weighted by atomic mass is 10.0. The highest BCUT2D eigenvalue weighted by atomic mass is 19.4. The van der Waals surface area contributed by atoms with Crippen molar-refractivity contribution in [1.29, 1.82) is 0 Å². The normalized spacial score (nSPS) is 12.2.